The Morgan fingerprint density at radius 2 is 1.50 bits per heavy atom. The van der Waals surface area contributed by atoms with Crippen molar-refractivity contribution in [2.75, 3.05) is 26.2 Å². The highest BCUT2D eigenvalue weighted by Crippen LogP contribution is 2.17. The summed E-state index contributed by atoms with van der Waals surface area (Å²) in [6, 6.07) is 8.36. The van der Waals surface area contributed by atoms with Crippen molar-refractivity contribution < 1.29 is 49.1 Å². The van der Waals surface area contributed by atoms with Gasteiger partial charge in [0.25, 0.3) is 0 Å². The standard InChI is InChI=1S/C19H25N3O2.2C4H4O4/c23-17-7-9-21-19(14-17)20-8-4-12-24-18-6-3-5-16(13-18)15-22-10-1-2-11-22;2*5-3(6)1-2-4(7)8/h3,5-7,9,13H,1-2,4,8,10-12,14-15H2,(H,20,21);2*1-2H,(H,5,6)(H,7,8)/b;2*2-1-. The zero-order valence-electron chi connectivity index (χ0n) is 21.8. The topological polar surface area (TPSA) is 203 Å². The van der Waals surface area contributed by atoms with Crippen LogP contribution in [-0.2, 0) is 30.5 Å². The summed E-state index contributed by atoms with van der Waals surface area (Å²) in [5, 5.41) is 34.3. The molecule has 0 bridgehead atoms. The van der Waals surface area contributed by atoms with Crippen molar-refractivity contribution in [3.63, 3.8) is 0 Å². The maximum Gasteiger partial charge on any atom is 0.328 e. The maximum absolute atomic E-state index is 11.3. The van der Waals surface area contributed by atoms with Crippen LogP contribution in [0, 0.1) is 0 Å². The average Bonchev–Trinajstić information content (AvgIpc) is 3.40. The van der Waals surface area contributed by atoms with Crippen molar-refractivity contribution in [1.82, 2.24) is 10.2 Å². The van der Waals surface area contributed by atoms with E-state index in [2.05, 4.69) is 33.4 Å². The molecule has 0 amide bonds. The lowest BCUT2D eigenvalue weighted by Gasteiger charge is -2.15. The minimum absolute atomic E-state index is 0.0959. The fourth-order valence-corrected chi connectivity index (χ4v) is 3.29. The first kappa shape index (κ1) is 33.2. The van der Waals surface area contributed by atoms with Gasteiger partial charge in [0.1, 0.15) is 11.6 Å². The number of likely N-dealkylation sites (tertiary alicyclic amines) is 1. The summed E-state index contributed by atoms with van der Waals surface area (Å²) in [7, 11) is 0. The second-order valence-electron chi connectivity index (χ2n) is 8.30. The Kier molecular flexibility index (Phi) is 16.1. The molecule has 3 rings (SSSR count). The molecule has 40 heavy (non-hydrogen) atoms. The second-order valence-corrected chi connectivity index (χ2v) is 8.30. The predicted molar refractivity (Wildman–Crippen MR) is 144 cm³/mol. The molecule has 5 N–H and O–H groups in total. The predicted octanol–water partition coefficient (Wildman–Crippen LogP) is 1.95. The smallest absolute Gasteiger partial charge is 0.328 e. The Morgan fingerprint density at radius 1 is 0.925 bits per heavy atom. The van der Waals surface area contributed by atoms with Crippen LogP contribution >= 0.6 is 0 Å². The Morgan fingerprint density at radius 3 is 2.02 bits per heavy atom. The van der Waals surface area contributed by atoms with E-state index in [1.54, 1.807) is 6.20 Å². The number of hydrogen-bond donors (Lipinski definition) is 5. The first-order valence-electron chi connectivity index (χ1n) is 12.3. The van der Waals surface area contributed by atoms with Gasteiger partial charge in [0.2, 0.25) is 0 Å². The van der Waals surface area contributed by atoms with Gasteiger partial charge in [-0.15, -0.1) is 0 Å². The molecule has 0 saturated carbocycles. The first-order valence-corrected chi connectivity index (χ1v) is 12.3. The molecule has 0 radical (unpaired) electrons. The lowest BCUT2D eigenvalue weighted by molar-refractivity contribution is -0.134. The molecule has 1 fully saturated rings. The van der Waals surface area contributed by atoms with Crippen molar-refractivity contribution >= 4 is 35.5 Å². The molecule has 0 aliphatic carbocycles. The average molecular weight is 560 g/mol. The number of ether oxygens (including phenoxy) is 1. The number of carbonyl (C=O) groups excluding carboxylic acids is 1. The van der Waals surface area contributed by atoms with Gasteiger partial charge < -0.3 is 30.5 Å². The van der Waals surface area contributed by atoms with Crippen molar-refractivity contribution in [1.29, 1.82) is 0 Å². The number of aliphatic carboxylic acids is 4. The third kappa shape index (κ3) is 17.6. The summed E-state index contributed by atoms with van der Waals surface area (Å²) in [5.74, 6) is -3.26. The van der Waals surface area contributed by atoms with Gasteiger partial charge in [-0.2, -0.15) is 0 Å². The minimum atomic E-state index is -1.26. The SMILES string of the molecule is O=C(O)/C=C\C(=O)O.O=C(O)/C=C\C(=O)O.O=C1C=CNC(=NCCCOc2cccc(CN3CCCC3)c2)C1. The number of aliphatic imine (C=N–C) groups is 1. The summed E-state index contributed by atoms with van der Waals surface area (Å²) in [5.41, 5.74) is 1.31. The maximum atomic E-state index is 11.3. The lowest BCUT2D eigenvalue weighted by atomic mass is 10.2. The summed E-state index contributed by atoms with van der Waals surface area (Å²) >= 11 is 0. The fourth-order valence-electron chi connectivity index (χ4n) is 3.29. The Bertz CT molecular complexity index is 1070. The van der Waals surface area contributed by atoms with Gasteiger partial charge in [0.15, 0.2) is 5.78 Å². The van der Waals surface area contributed by atoms with Crippen molar-refractivity contribution in [2.45, 2.75) is 32.2 Å². The van der Waals surface area contributed by atoms with Gasteiger partial charge in [-0.1, -0.05) is 12.1 Å². The number of allylic oxidation sites excluding steroid dienone is 1. The normalized spacial score (nSPS) is 15.6. The van der Waals surface area contributed by atoms with Crippen LogP contribution in [0.2, 0.25) is 0 Å². The summed E-state index contributed by atoms with van der Waals surface area (Å²) in [6.07, 6.45) is 9.25. The third-order valence-corrected chi connectivity index (χ3v) is 4.97. The van der Waals surface area contributed by atoms with E-state index in [0.717, 1.165) is 24.6 Å². The van der Waals surface area contributed by atoms with Gasteiger partial charge >= 0.3 is 23.9 Å². The van der Waals surface area contributed by atoms with E-state index < -0.39 is 23.9 Å². The number of nitrogens with one attached hydrogen (secondary N) is 1. The van der Waals surface area contributed by atoms with E-state index in [1.165, 1.54) is 37.6 Å². The molecule has 2 aliphatic rings. The fraction of sp³-hybridized carbons (Fsp3) is 0.333. The zero-order chi connectivity index (χ0) is 29.8. The van der Waals surface area contributed by atoms with Crippen LogP contribution < -0.4 is 10.1 Å². The number of carbonyl (C=O) groups is 5. The van der Waals surface area contributed by atoms with E-state index in [-0.39, 0.29) is 5.78 Å². The van der Waals surface area contributed by atoms with Crippen LogP contribution in [0.5, 0.6) is 5.75 Å². The molecule has 0 aromatic heterocycles. The highest BCUT2D eigenvalue weighted by atomic mass is 16.5. The molecule has 1 aromatic carbocycles. The van der Waals surface area contributed by atoms with Crippen LogP contribution in [0.3, 0.4) is 0 Å². The molecule has 0 spiro atoms. The number of carboxylic acids is 4. The number of amidine groups is 1. The number of carboxylic acid groups (broad SMARTS) is 4. The van der Waals surface area contributed by atoms with E-state index in [9.17, 15) is 24.0 Å². The van der Waals surface area contributed by atoms with E-state index in [1.807, 2.05) is 6.07 Å². The Hall–Kier alpha value is -4.78. The number of nitrogens with zero attached hydrogens (tertiary/aromatic N) is 2. The van der Waals surface area contributed by atoms with E-state index in [0.29, 0.717) is 43.9 Å². The quantitative estimate of drug-likeness (QED) is 0.195. The zero-order valence-corrected chi connectivity index (χ0v) is 21.8. The first-order chi connectivity index (χ1) is 19.0. The molecule has 2 heterocycles. The van der Waals surface area contributed by atoms with Crippen molar-refractivity contribution in [3.8, 4) is 5.75 Å². The number of hydrogen-bond acceptors (Lipinski definition) is 8. The van der Waals surface area contributed by atoms with E-state index in [4.69, 9.17) is 25.2 Å². The lowest BCUT2D eigenvalue weighted by Crippen LogP contribution is -2.25. The molecular formula is C27H33N3O10. The summed E-state index contributed by atoms with van der Waals surface area (Å²) in [6.45, 7) is 4.72. The molecule has 2 aliphatic heterocycles. The van der Waals surface area contributed by atoms with Gasteiger partial charge in [0.05, 0.1) is 13.0 Å². The van der Waals surface area contributed by atoms with Gasteiger partial charge in [-0.05, 0) is 49.7 Å². The number of ketones is 1. The third-order valence-electron chi connectivity index (χ3n) is 4.97. The molecule has 13 heteroatoms. The van der Waals surface area contributed by atoms with E-state index >= 15 is 0 Å². The molecule has 1 saturated heterocycles. The Labute approximate surface area is 230 Å². The van der Waals surface area contributed by atoms with Crippen molar-refractivity contribution in [2.24, 2.45) is 4.99 Å². The molecular weight excluding hydrogens is 526 g/mol. The van der Waals surface area contributed by atoms with Crippen LogP contribution in [-0.4, -0.2) is 87.1 Å². The number of rotatable bonds is 11. The van der Waals surface area contributed by atoms with Crippen molar-refractivity contribution in [3.05, 3.63) is 66.4 Å². The Balaban J connectivity index is 0.000000412. The highest BCUT2D eigenvalue weighted by molar-refractivity contribution is 6.08. The second kappa shape index (κ2) is 19.3. The van der Waals surface area contributed by atoms with Gasteiger partial charge in [-0.3, -0.25) is 14.7 Å². The molecule has 1 aromatic rings. The molecule has 216 valence electrons. The number of benzene rings is 1. The van der Waals surface area contributed by atoms with Crippen LogP contribution in [0.4, 0.5) is 0 Å². The van der Waals surface area contributed by atoms with Gasteiger partial charge in [0, 0.05) is 50.0 Å². The van der Waals surface area contributed by atoms with Crippen LogP contribution in [0.15, 0.2) is 65.8 Å². The monoisotopic (exact) mass is 559 g/mol. The molecule has 13 nitrogen and oxygen atoms in total. The van der Waals surface area contributed by atoms with Gasteiger partial charge in [-0.25, -0.2) is 19.2 Å². The summed E-state index contributed by atoms with van der Waals surface area (Å²) in [4.78, 5) is 56.4. The molecule has 0 atom stereocenters. The minimum Gasteiger partial charge on any atom is -0.494 e. The highest BCUT2D eigenvalue weighted by Gasteiger charge is 2.12. The van der Waals surface area contributed by atoms with Crippen LogP contribution in [0.25, 0.3) is 0 Å². The molecule has 0 unspecified atom stereocenters. The van der Waals surface area contributed by atoms with Crippen LogP contribution in [0.1, 0.15) is 31.2 Å². The summed E-state index contributed by atoms with van der Waals surface area (Å²) < 4.78 is 5.83. The largest absolute Gasteiger partial charge is 0.494 e.